The molecule has 0 radical (unpaired) electrons. The zero-order valence-corrected chi connectivity index (χ0v) is 27.1. The highest BCUT2D eigenvalue weighted by Crippen LogP contribution is 2.29. The number of benzene rings is 1. The molecule has 0 spiro atoms. The molecule has 0 unspecified atom stereocenters. The number of ether oxygens (including phenoxy) is 1. The Kier molecular flexibility index (Phi) is 10.5. The summed E-state index contributed by atoms with van der Waals surface area (Å²) < 4.78 is 24.7. The summed E-state index contributed by atoms with van der Waals surface area (Å²) in [6, 6.07) is 11.1. The number of aliphatic hydroxyl groups excluding tert-OH is 1. The molecule has 0 amide bonds. The molecule has 1 aliphatic heterocycles. The molecule has 4 aromatic heterocycles. The summed E-state index contributed by atoms with van der Waals surface area (Å²) in [5.74, 6) is 0.221. The molecule has 5 aromatic rings. The second-order valence-electron chi connectivity index (χ2n) is 10.4. The molecular formula is C29H28BrFN10O5S. The lowest BCUT2D eigenvalue weighted by atomic mass is 10.1. The number of azide groups is 1. The van der Waals surface area contributed by atoms with Gasteiger partial charge in [0, 0.05) is 53.0 Å². The minimum atomic E-state index is -0.671. The van der Waals surface area contributed by atoms with E-state index in [1.54, 1.807) is 52.6 Å². The van der Waals surface area contributed by atoms with E-state index in [1.165, 1.54) is 22.9 Å². The Balaban J connectivity index is 0.000000199. The van der Waals surface area contributed by atoms with E-state index < -0.39 is 35.4 Å². The summed E-state index contributed by atoms with van der Waals surface area (Å²) in [5.41, 5.74) is 9.41. The van der Waals surface area contributed by atoms with E-state index in [2.05, 4.69) is 46.6 Å². The van der Waals surface area contributed by atoms with Crippen LogP contribution in [0.2, 0.25) is 0 Å². The minimum absolute atomic E-state index is 0.182. The van der Waals surface area contributed by atoms with Crippen molar-refractivity contribution in [3.8, 4) is 0 Å². The van der Waals surface area contributed by atoms with Gasteiger partial charge in [-0.25, -0.2) is 14.2 Å². The highest BCUT2D eigenvalue weighted by molar-refractivity contribution is 9.10. The molecule has 1 saturated heterocycles. The number of halogens is 2. The number of nitrogens with zero attached hydrogens (tertiary/aromatic N) is 7. The van der Waals surface area contributed by atoms with Crippen LogP contribution in [0.25, 0.3) is 27.0 Å². The zero-order chi connectivity index (χ0) is 33.7. The van der Waals surface area contributed by atoms with E-state index in [-0.39, 0.29) is 18.6 Å². The van der Waals surface area contributed by atoms with Crippen LogP contribution in [-0.4, -0.2) is 59.0 Å². The van der Waals surface area contributed by atoms with Crippen LogP contribution < -0.4 is 27.4 Å². The van der Waals surface area contributed by atoms with E-state index in [1.807, 2.05) is 6.07 Å². The molecule has 1 fully saturated rings. The van der Waals surface area contributed by atoms with Gasteiger partial charge in [0.15, 0.2) is 5.11 Å². The van der Waals surface area contributed by atoms with Crippen molar-refractivity contribution in [3.05, 3.63) is 119 Å². The first kappa shape index (κ1) is 33.5. The number of hydrogen-bond donors (Lipinski definition) is 4. The summed E-state index contributed by atoms with van der Waals surface area (Å²) in [6.07, 6.45) is 3.79. The highest BCUT2D eigenvalue weighted by Gasteiger charge is 2.35. The summed E-state index contributed by atoms with van der Waals surface area (Å²) >= 11 is 8.60. The Morgan fingerprint density at radius 2 is 2.06 bits per heavy atom. The van der Waals surface area contributed by atoms with Crippen LogP contribution in [0.15, 0.2) is 85.0 Å². The van der Waals surface area contributed by atoms with Crippen LogP contribution >= 0.6 is 28.1 Å². The van der Waals surface area contributed by atoms with Gasteiger partial charge in [0.1, 0.15) is 23.4 Å². The SMILES string of the molecule is Cc1cn([C@H]2C[C@H](N=[N+]=[N-])[C@@H](CO)O2)c(=O)[nH]c1=O.O=c1c2cccn2c2ccc(F)cc2n1CCNC(=S)Nc1ccc(Br)cn1. The van der Waals surface area contributed by atoms with E-state index >= 15 is 0 Å². The van der Waals surface area contributed by atoms with Crippen molar-refractivity contribution in [2.24, 2.45) is 5.11 Å². The Morgan fingerprint density at radius 3 is 2.79 bits per heavy atom. The van der Waals surface area contributed by atoms with Crippen molar-refractivity contribution in [1.29, 1.82) is 0 Å². The van der Waals surface area contributed by atoms with Crippen LogP contribution in [0, 0.1) is 12.7 Å². The first-order chi connectivity index (χ1) is 22.6. The molecule has 1 aliphatic rings. The summed E-state index contributed by atoms with van der Waals surface area (Å²) in [4.78, 5) is 44.9. The topological polar surface area (TPSA) is 196 Å². The molecule has 0 saturated carbocycles. The van der Waals surface area contributed by atoms with Gasteiger partial charge in [0.2, 0.25) is 0 Å². The molecule has 4 N–H and O–H groups in total. The standard InChI is InChI=1S/C19H15BrFN5OS.C10H13N5O4/c20-12-3-6-17(23-11-12)24-19(28)22-7-9-26-16-10-13(21)4-5-14(16)25-8-1-2-15(25)18(26)27;1-5-3-15(10(18)12-9(5)17)8-2-6(13-14-11)7(4-16)19-8/h1-6,8,10-11H,7,9H2,(H2,22,23,24,28);3,6-8,16H,2,4H2,1H3,(H,12,17,18)/t;6-,7+,8+/m.0/s1. The fourth-order valence-corrected chi connectivity index (χ4v) is 5.52. The van der Waals surface area contributed by atoms with Crippen LogP contribution in [0.4, 0.5) is 10.2 Å². The smallest absolute Gasteiger partial charge is 0.330 e. The molecule has 0 bridgehead atoms. The van der Waals surface area contributed by atoms with Crippen molar-refractivity contribution in [3.63, 3.8) is 0 Å². The predicted octanol–water partition coefficient (Wildman–Crippen LogP) is 3.34. The first-order valence-corrected chi connectivity index (χ1v) is 15.4. The Bertz CT molecular complexity index is 2160. The molecule has 47 heavy (non-hydrogen) atoms. The van der Waals surface area contributed by atoms with Crippen molar-refractivity contribution < 1.29 is 14.2 Å². The average Bonchev–Trinajstić information content (AvgIpc) is 3.70. The number of hydrogen-bond acceptors (Lipinski definition) is 8. The maximum atomic E-state index is 13.8. The quantitative estimate of drug-likeness (QED) is 0.0842. The van der Waals surface area contributed by atoms with Gasteiger partial charge in [0.05, 0.1) is 29.8 Å². The van der Waals surface area contributed by atoms with Gasteiger partial charge in [-0.05, 0) is 83.1 Å². The molecule has 18 heteroatoms. The Labute approximate surface area is 278 Å². The average molecular weight is 728 g/mol. The second-order valence-corrected chi connectivity index (χ2v) is 11.7. The third-order valence-electron chi connectivity index (χ3n) is 7.33. The third kappa shape index (κ3) is 7.58. The molecule has 0 aliphatic carbocycles. The normalized spacial score (nSPS) is 17.1. The second kappa shape index (κ2) is 14.7. The fraction of sp³-hybridized carbons (Fsp3) is 0.276. The minimum Gasteiger partial charge on any atom is -0.394 e. The largest absolute Gasteiger partial charge is 0.394 e. The number of rotatable bonds is 7. The van der Waals surface area contributed by atoms with Crippen molar-refractivity contribution in [2.45, 2.75) is 38.3 Å². The Morgan fingerprint density at radius 1 is 1.26 bits per heavy atom. The van der Waals surface area contributed by atoms with Gasteiger partial charge in [0.25, 0.3) is 11.1 Å². The number of aliphatic hydroxyl groups is 1. The highest BCUT2D eigenvalue weighted by atomic mass is 79.9. The van der Waals surface area contributed by atoms with E-state index in [4.69, 9.17) is 27.6 Å². The predicted molar refractivity (Wildman–Crippen MR) is 180 cm³/mol. The van der Waals surface area contributed by atoms with Gasteiger partial charge in [-0.15, -0.1) is 0 Å². The number of nitrogens with one attached hydrogen (secondary N) is 3. The number of aryl methyl sites for hydroxylation is 1. The number of aromatic amines is 1. The third-order valence-corrected chi connectivity index (χ3v) is 8.05. The van der Waals surface area contributed by atoms with E-state index in [9.17, 15) is 18.8 Å². The van der Waals surface area contributed by atoms with Gasteiger partial charge in [-0.2, -0.15) is 0 Å². The van der Waals surface area contributed by atoms with Crippen LogP contribution in [-0.2, 0) is 11.3 Å². The number of pyridine rings is 1. The monoisotopic (exact) mass is 726 g/mol. The lowest BCUT2D eigenvalue weighted by molar-refractivity contribution is -0.0271. The number of H-pyrrole nitrogens is 1. The molecule has 244 valence electrons. The first-order valence-electron chi connectivity index (χ1n) is 14.2. The molecule has 3 atom stereocenters. The molecule has 5 heterocycles. The van der Waals surface area contributed by atoms with E-state index in [0.29, 0.717) is 40.6 Å². The van der Waals surface area contributed by atoms with Gasteiger partial charge >= 0.3 is 5.69 Å². The fourth-order valence-electron chi connectivity index (χ4n) is 5.08. The lowest BCUT2D eigenvalue weighted by Crippen LogP contribution is -2.34. The number of anilines is 1. The maximum absolute atomic E-state index is 13.8. The number of aromatic nitrogens is 5. The van der Waals surface area contributed by atoms with E-state index in [0.717, 1.165) is 9.99 Å². The molecular weight excluding hydrogens is 699 g/mol. The number of fused-ring (bicyclic) bond motifs is 3. The van der Waals surface area contributed by atoms with Crippen molar-refractivity contribution in [2.75, 3.05) is 18.5 Å². The lowest BCUT2D eigenvalue weighted by Gasteiger charge is -2.14. The molecule has 15 nitrogen and oxygen atoms in total. The zero-order valence-electron chi connectivity index (χ0n) is 24.7. The van der Waals surface area contributed by atoms with Gasteiger partial charge in [-0.3, -0.25) is 19.1 Å². The summed E-state index contributed by atoms with van der Waals surface area (Å²) in [5, 5.41) is 19.1. The summed E-state index contributed by atoms with van der Waals surface area (Å²) in [6.45, 7) is 1.98. The van der Waals surface area contributed by atoms with Gasteiger partial charge in [-0.1, -0.05) is 5.11 Å². The molecule has 1 aromatic carbocycles. The van der Waals surface area contributed by atoms with Crippen LogP contribution in [0.3, 0.4) is 0 Å². The summed E-state index contributed by atoms with van der Waals surface area (Å²) in [7, 11) is 0. The maximum Gasteiger partial charge on any atom is 0.330 e. The van der Waals surface area contributed by atoms with Crippen LogP contribution in [0.5, 0.6) is 0 Å². The Hall–Kier alpha value is -4.87. The molecule has 6 rings (SSSR count). The van der Waals surface area contributed by atoms with Crippen molar-refractivity contribution in [1.82, 2.24) is 28.8 Å². The van der Waals surface area contributed by atoms with Gasteiger partial charge < -0.3 is 29.4 Å². The number of thiocarbonyl (C=S) groups is 1. The van der Waals surface area contributed by atoms with Crippen LogP contribution in [0.1, 0.15) is 18.2 Å². The van der Waals surface area contributed by atoms with Crippen molar-refractivity contribution >= 4 is 55.6 Å².